The van der Waals surface area contributed by atoms with E-state index in [2.05, 4.69) is 4.98 Å². The predicted octanol–water partition coefficient (Wildman–Crippen LogP) is 2.48. The molecule has 28 heavy (non-hydrogen) atoms. The van der Waals surface area contributed by atoms with E-state index in [1.807, 2.05) is 10.5 Å². The van der Waals surface area contributed by atoms with Gasteiger partial charge in [-0.1, -0.05) is 0 Å². The number of hydrogen-bond acceptors (Lipinski definition) is 5. The Morgan fingerprint density at radius 3 is 2.25 bits per heavy atom. The van der Waals surface area contributed by atoms with E-state index >= 15 is 0 Å². The monoisotopic (exact) mass is 383 g/mol. The van der Waals surface area contributed by atoms with Crippen molar-refractivity contribution in [3.8, 4) is 22.8 Å². The summed E-state index contributed by atoms with van der Waals surface area (Å²) in [6.07, 6.45) is 3.45. The number of imidazole rings is 1. The van der Waals surface area contributed by atoms with Crippen LogP contribution in [-0.4, -0.2) is 40.6 Å². The molecule has 146 valence electrons. The van der Waals surface area contributed by atoms with E-state index in [0.29, 0.717) is 16.9 Å². The van der Waals surface area contributed by atoms with Crippen LogP contribution in [0.5, 0.6) is 11.5 Å². The number of hydrogen-bond donors (Lipinski definition) is 2. The molecule has 8 heteroatoms. The number of primary amides is 1. The van der Waals surface area contributed by atoms with Crippen LogP contribution >= 0.6 is 0 Å². The van der Waals surface area contributed by atoms with Gasteiger partial charge >= 0.3 is 5.97 Å². The summed E-state index contributed by atoms with van der Waals surface area (Å²) in [6.45, 7) is 3.51. The maximum absolute atomic E-state index is 11.7. The molecule has 0 saturated heterocycles. The molecule has 1 amide bonds. The first-order chi connectivity index (χ1) is 13.2. The molecule has 0 aliphatic carbocycles. The predicted molar refractivity (Wildman–Crippen MR) is 103 cm³/mol. The number of nitrogens with two attached hydrogens (primary N) is 1. The van der Waals surface area contributed by atoms with E-state index in [1.54, 1.807) is 44.4 Å². The van der Waals surface area contributed by atoms with Crippen LogP contribution in [-0.2, 0) is 10.2 Å². The van der Waals surface area contributed by atoms with E-state index < -0.39 is 17.3 Å². The number of aromatic carboxylic acids is 1. The van der Waals surface area contributed by atoms with Gasteiger partial charge < -0.3 is 20.3 Å². The quantitative estimate of drug-likeness (QED) is 0.675. The Bertz CT molecular complexity index is 1060. The minimum absolute atomic E-state index is 0.0481. The van der Waals surface area contributed by atoms with Crippen LogP contribution in [0.2, 0.25) is 0 Å². The Morgan fingerprint density at radius 2 is 1.75 bits per heavy atom. The highest BCUT2D eigenvalue weighted by Gasteiger charge is 2.28. The standard InChI is InChI=1S/C20H21N3O5/c1-20(2,19(21)26)12-5-6-23-13(10-22-16(23)9-12)11-7-14(27-3)17(18(24)25)15(8-11)28-4/h5-10H,1-4H3,(H2,21,26)(H,24,25). The second kappa shape index (κ2) is 6.88. The van der Waals surface area contributed by atoms with Crippen LogP contribution in [0, 0.1) is 0 Å². The lowest BCUT2D eigenvalue weighted by Gasteiger charge is -2.21. The van der Waals surface area contributed by atoms with Crippen molar-refractivity contribution >= 4 is 17.5 Å². The zero-order chi connectivity index (χ0) is 20.6. The van der Waals surface area contributed by atoms with Gasteiger partial charge in [0.05, 0.1) is 31.5 Å². The number of rotatable bonds is 6. The summed E-state index contributed by atoms with van der Waals surface area (Å²) in [5.74, 6) is -1.20. The van der Waals surface area contributed by atoms with E-state index in [4.69, 9.17) is 15.2 Å². The molecule has 0 fully saturated rings. The Morgan fingerprint density at radius 1 is 1.14 bits per heavy atom. The van der Waals surface area contributed by atoms with Gasteiger partial charge in [-0.05, 0) is 43.7 Å². The number of pyridine rings is 1. The lowest BCUT2D eigenvalue weighted by molar-refractivity contribution is -0.122. The van der Waals surface area contributed by atoms with Crippen LogP contribution in [0.3, 0.4) is 0 Å². The number of ether oxygens (including phenoxy) is 2. The molecule has 0 spiro atoms. The van der Waals surface area contributed by atoms with E-state index in [0.717, 1.165) is 5.56 Å². The zero-order valence-corrected chi connectivity index (χ0v) is 16.0. The molecule has 0 bridgehead atoms. The SMILES string of the molecule is COc1cc(-c2cnc3cc(C(C)(C)C(N)=O)ccn23)cc(OC)c1C(=O)O. The third kappa shape index (κ3) is 3.02. The lowest BCUT2D eigenvalue weighted by atomic mass is 9.84. The summed E-state index contributed by atoms with van der Waals surface area (Å²) in [6, 6.07) is 6.85. The van der Waals surface area contributed by atoms with Gasteiger partial charge in [0.2, 0.25) is 5.91 Å². The summed E-state index contributed by atoms with van der Waals surface area (Å²) in [4.78, 5) is 27.7. The summed E-state index contributed by atoms with van der Waals surface area (Å²) < 4.78 is 12.3. The first-order valence-electron chi connectivity index (χ1n) is 8.48. The molecule has 1 aromatic carbocycles. The molecular formula is C20H21N3O5. The third-order valence-electron chi connectivity index (χ3n) is 4.87. The van der Waals surface area contributed by atoms with E-state index in [9.17, 15) is 14.7 Å². The van der Waals surface area contributed by atoms with Crippen LogP contribution < -0.4 is 15.2 Å². The topological polar surface area (TPSA) is 116 Å². The molecule has 0 aliphatic rings. The second-order valence-corrected chi connectivity index (χ2v) is 6.84. The van der Waals surface area contributed by atoms with Crippen molar-refractivity contribution in [2.45, 2.75) is 19.3 Å². The number of nitrogens with zero attached hydrogens (tertiary/aromatic N) is 2. The molecule has 8 nitrogen and oxygen atoms in total. The second-order valence-electron chi connectivity index (χ2n) is 6.84. The van der Waals surface area contributed by atoms with Gasteiger partial charge in [-0.25, -0.2) is 9.78 Å². The molecule has 0 radical (unpaired) electrons. The number of carbonyl (C=O) groups excluding carboxylic acids is 1. The van der Waals surface area contributed by atoms with Crippen LogP contribution in [0.4, 0.5) is 0 Å². The van der Waals surface area contributed by atoms with Gasteiger partial charge in [0.15, 0.2) is 0 Å². The van der Waals surface area contributed by atoms with Crippen molar-refractivity contribution in [3.63, 3.8) is 0 Å². The zero-order valence-electron chi connectivity index (χ0n) is 16.0. The fourth-order valence-electron chi connectivity index (χ4n) is 3.00. The first kappa shape index (κ1) is 19.2. The van der Waals surface area contributed by atoms with Crippen molar-refractivity contribution in [2.75, 3.05) is 14.2 Å². The number of benzene rings is 1. The highest BCUT2D eigenvalue weighted by atomic mass is 16.5. The van der Waals surface area contributed by atoms with Crippen molar-refractivity contribution in [1.29, 1.82) is 0 Å². The van der Waals surface area contributed by atoms with Crippen molar-refractivity contribution in [2.24, 2.45) is 5.73 Å². The van der Waals surface area contributed by atoms with Crippen LogP contribution in [0.25, 0.3) is 16.9 Å². The summed E-state index contributed by atoms with van der Waals surface area (Å²) in [5.41, 5.74) is 7.39. The highest BCUT2D eigenvalue weighted by Crippen LogP contribution is 2.35. The highest BCUT2D eigenvalue weighted by molar-refractivity contribution is 5.95. The number of fused-ring (bicyclic) bond motifs is 1. The largest absolute Gasteiger partial charge is 0.496 e. The number of aromatic nitrogens is 2. The molecule has 3 aromatic rings. The van der Waals surface area contributed by atoms with Crippen molar-refractivity contribution < 1.29 is 24.2 Å². The molecule has 0 atom stereocenters. The van der Waals surface area contributed by atoms with E-state index in [-0.39, 0.29) is 17.1 Å². The molecule has 2 aromatic heterocycles. The fourth-order valence-corrected chi connectivity index (χ4v) is 3.00. The third-order valence-corrected chi connectivity index (χ3v) is 4.87. The number of methoxy groups -OCH3 is 2. The summed E-state index contributed by atoms with van der Waals surface area (Å²) in [5, 5.41) is 9.44. The molecular weight excluding hydrogens is 362 g/mol. The van der Waals surface area contributed by atoms with Crippen LogP contribution in [0.15, 0.2) is 36.7 Å². The molecule has 0 aliphatic heterocycles. The number of carbonyl (C=O) groups is 2. The average Bonchev–Trinajstić information content (AvgIpc) is 3.09. The smallest absolute Gasteiger partial charge is 0.343 e. The fraction of sp³-hybridized carbons (Fsp3) is 0.250. The van der Waals surface area contributed by atoms with Crippen LogP contribution in [0.1, 0.15) is 29.8 Å². The average molecular weight is 383 g/mol. The maximum atomic E-state index is 11.7. The first-order valence-corrected chi connectivity index (χ1v) is 8.48. The lowest BCUT2D eigenvalue weighted by Crippen LogP contribution is -2.35. The summed E-state index contributed by atoms with van der Waals surface area (Å²) in [7, 11) is 2.80. The Hall–Kier alpha value is -3.55. The minimum atomic E-state index is -1.14. The molecule has 3 N–H and O–H groups in total. The minimum Gasteiger partial charge on any atom is -0.496 e. The molecule has 0 unspecified atom stereocenters. The van der Waals surface area contributed by atoms with Gasteiger partial charge in [-0.3, -0.25) is 9.20 Å². The Kier molecular flexibility index (Phi) is 4.72. The summed E-state index contributed by atoms with van der Waals surface area (Å²) >= 11 is 0. The molecule has 0 saturated carbocycles. The van der Waals surface area contributed by atoms with Crippen molar-refractivity contribution in [3.05, 3.63) is 47.8 Å². The van der Waals surface area contributed by atoms with Gasteiger partial charge in [-0.2, -0.15) is 0 Å². The maximum Gasteiger partial charge on any atom is 0.343 e. The van der Waals surface area contributed by atoms with E-state index in [1.165, 1.54) is 14.2 Å². The Labute approximate surface area is 161 Å². The van der Waals surface area contributed by atoms with Gasteiger partial charge in [-0.15, -0.1) is 0 Å². The Balaban J connectivity index is 2.17. The van der Waals surface area contributed by atoms with Gasteiger partial charge in [0, 0.05) is 11.8 Å². The number of amides is 1. The van der Waals surface area contributed by atoms with Crippen molar-refractivity contribution in [1.82, 2.24) is 9.38 Å². The molecule has 3 rings (SSSR count). The number of carboxylic acid groups (broad SMARTS) is 1. The van der Waals surface area contributed by atoms with Gasteiger partial charge in [0.25, 0.3) is 0 Å². The number of carboxylic acids is 1. The molecule has 2 heterocycles. The normalized spacial score (nSPS) is 11.4. The van der Waals surface area contributed by atoms with Gasteiger partial charge in [0.1, 0.15) is 22.7 Å².